The van der Waals surface area contributed by atoms with Crippen LogP contribution in [-0.4, -0.2) is 49.6 Å². The topological polar surface area (TPSA) is 79.9 Å². The maximum atomic E-state index is 12.6. The Kier molecular flexibility index (Phi) is 5.67. The van der Waals surface area contributed by atoms with Crippen LogP contribution in [0.2, 0.25) is 0 Å². The van der Waals surface area contributed by atoms with Gasteiger partial charge in [-0.15, -0.1) is 0 Å². The van der Waals surface area contributed by atoms with Crippen LogP contribution < -0.4 is 20.1 Å². The van der Waals surface area contributed by atoms with Gasteiger partial charge in [-0.25, -0.2) is 0 Å². The molecule has 1 aliphatic heterocycles. The van der Waals surface area contributed by atoms with Crippen molar-refractivity contribution >= 4 is 17.5 Å². The fraction of sp³-hybridized carbons (Fsp3) is 0.364. The highest BCUT2D eigenvalue weighted by Crippen LogP contribution is 2.33. The van der Waals surface area contributed by atoms with Gasteiger partial charge in [-0.3, -0.25) is 14.5 Å². The first-order chi connectivity index (χ1) is 14.1. The van der Waals surface area contributed by atoms with Gasteiger partial charge in [0.25, 0.3) is 5.91 Å². The predicted molar refractivity (Wildman–Crippen MR) is 109 cm³/mol. The van der Waals surface area contributed by atoms with Crippen LogP contribution in [0.5, 0.6) is 11.5 Å². The Labute approximate surface area is 170 Å². The summed E-state index contributed by atoms with van der Waals surface area (Å²) in [5.74, 6) is 1.20. The highest BCUT2D eigenvalue weighted by molar-refractivity contribution is 5.94. The molecule has 0 radical (unpaired) electrons. The highest BCUT2D eigenvalue weighted by atomic mass is 16.6. The number of carbonyl (C=O) groups is 2. The summed E-state index contributed by atoms with van der Waals surface area (Å²) in [6, 6.07) is 13.4. The summed E-state index contributed by atoms with van der Waals surface area (Å²) < 4.78 is 11.1. The van der Waals surface area contributed by atoms with E-state index in [0.717, 1.165) is 18.4 Å². The lowest BCUT2D eigenvalue weighted by molar-refractivity contribution is -0.117. The average molecular weight is 395 g/mol. The Bertz CT molecular complexity index is 893. The van der Waals surface area contributed by atoms with Crippen molar-refractivity contribution in [1.82, 2.24) is 10.2 Å². The monoisotopic (exact) mass is 395 g/mol. The van der Waals surface area contributed by atoms with Gasteiger partial charge in [-0.1, -0.05) is 12.1 Å². The molecule has 4 rings (SSSR count). The van der Waals surface area contributed by atoms with Gasteiger partial charge in [0.05, 0.1) is 6.54 Å². The summed E-state index contributed by atoms with van der Waals surface area (Å²) in [6.07, 6.45) is 2.21. The molecule has 1 fully saturated rings. The Balaban J connectivity index is 1.37. The normalized spacial score (nSPS) is 15.1. The first-order valence-corrected chi connectivity index (χ1v) is 9.87. The van der Waals surface area contributed by atoms with Gasteiger partial charge in [0.1, 0.15) is 13.2 Å². The maximum absolute atomic E-state index is 12.6. The van der Waals surface area contributed by atoms with Crippen LogP contribution in [0, 0.1) is 0 Å². The van der Waals surface area contributed by atoms with E-state index in [9.17, 15) is 9.59 Å². The van der Waals surface area contributed by atoms with Crippen molar-refractivity contribution in [3.05, 3.63) is 53.6 Å². The summed E-state index contributed by atoms with van der Waals surface area (Å²) in [5.41, 5.74) is 2.41. The molecule has 7 nitrogen and oxygen atoms in total. The predicted octanol–water partition coefficient (Wildman–Crippen LogP) is 2.42. The molecule has 1 aliphatic carbocycles. The number of rotatable bonds is 7. The van der Waals surface area contributed by atoms with E-state index in [1.807, 2.05) is 36.4 Å². The molecule has 0 spiro atoms. The van der Waals surface area contributed by atoms with Gasteiger partial charge < -0.3 is 20.1 Å². The second kappa shape index (κ2) is 8.53. The SMILES string of the molecule is CNC(=O)c1ccc(CN(CC(=O)Nc2ccc3c(c2)OCCO3)C2CC2)cc1. The third-order valence-electron chi connectivity index (χ3n) is 5.06. The molecule has 2 aliphatic rings. The Morgan fingerprint density at radius 3 is 2.45 bits per heavy atom. The highest BCUT2D eigenvalue weighted by Gasteiger charge is 2.30. The lowest BCUT2D eigenvalue weighted by Gasteiger charge is -2.22. The molecule has 0 saturated heterocycles. The Morgan fingerprint density at radius 1 is 1.03 bits per heavy atom. The van der Waals surface area contributed by atoms with Gasteiger partial charge >= 0.3 is 0 Å². The molecule has 2 aromatic rings. The minimum absolute atomic E-state index is 0.0597. The van der Waals surface area contributed by atoms with Crippen molar-refractivity contribution < 1.29 is 19.1 Å². The minimum atomic E-state index is -0.102. The molecule has 0 unspecified atom stereocenters. The van der Waals surface area contributed by atoms with E-state index in [2.05, 4.69) is 15.5 Å². The molecule has 1 heterocycles. The molecule has 0 aromatic heterocycles. The van der Waals surface area contributed by atoms with E-state index in [1.165, 1.54) is 0 Å². The molecule has 2 aromatic carbocycles. The van der Waals surface area contributed by atoms with Gasteiger partial charge in [-0.05, 0) is 42.7 Å². The summed E-state index contributed by atoms with van der Waals surface area (Å²) in [5, 5.41) is 5.57. The van der Waals surface area contributed by atoms with Crippen molar-refractivity contribution in [2.75, 3.05) is 32.1 Å². The van der Waals surface area contributed by atoms with Crippen LogP contribution in [0.15, 0.2) is 42.5 Å². The number of carbonyl (C=O) groups excluding carboxylic acids is 2. The van der Waals surface area contributed by atoms with Crippen LogP contribution in [0.4, 0.5) is 5.69 Å². The molecule has 2 N–H and O–H groups in total. The van der Waals surface area contributed by atoms with Crippen molar-refractivity contribution in [1.29, 1.82) is 0 Å². The van der Waals surface area contributed by atoms with Crippen LogP contribution in [0.25, 0.3) is 0 Å². The largest absolute Gasteiger partial charge is 0.486 e. The lowest BCUT2D eigenvalue weighted by atomic mass is 10.1. The number of amides is 2. The van der Waals surface area contributed by atoms with E-state index in [-0.39, 0.29) is 11.8 Å². The smallest absolute Gasteiger partial charge is 0.251 e. The van der Waals surface area contributed by atoms with Gasteiger partial charge in [-0.2, -0.15) is 0 Å². The number of anilines is 1. The zero-order valence-electron chi connectivity index (χ0n) is 16.4. The van der Waals surface area contributed by atoms with E-state index in [4.69, 9.17) is 9.47 Å². The number of nitrogens with zero attached hydrogens (tertiary/aromatic N) is 1. The quantitative estimate of drug-likeness (QED) is 0.753. The number of hydrogen-bond donors (Lipinski definition) is 2. The fourth-order valence-electron chi connectivity index (χ4n) is 3.40. The zero-order valence-corrected chi connectivity index (χ0v) is 16.4. The molecule has 29 heavy (non-hydrogen) atoms. The summed E-state index contributed by atoms with van der Waals surface area (Å²) in [4.78, 5) is 26.5. The maximum Gasteiger partial charge on any atom is 0.251 e. The van der Waals surface area contributed by atoms with Crippen molar-refractivity contribution in [2.24, 2.45) is 0 Å². The Hall–Kier alpha value is -3.06. The van der Waals surface area contributed by atoms with Crippen molar-refractivity contribution in [2.45, 2.75) is 25.4 Å². The van der Waals surface area contributed by atoms with Crippen LogP contribution >= 0.6 is 0 Å². The van der Waals surface area contributed by atoms with E-state index in [0.29, 0.717) is 55.1 Å². The first-order valence-electron chi connectivity index (χ1n) is 9.87. The third-order valence-corrected chi connectivity index (χ3v) is 5.06. The molecular formula is C22H25N3O4. The summed E-state index contributed by atoms with van der Waals surface area (Å²) in [7, 11) is 1.62. The van der Waals surface area contributed by atoms with Gasteiger partial charge in [0.2, 0.25) is 5.91 Å². The number of fused-ring (bicyclic) bond motifs is 1. The van der Waals surface area contributed by atoms with E-state index in [1.54, 1.807) is 13.1 Å². The van der Waals surface area contributed by atoms with Crippen molar-refractivity contribution in [3.63, 3.8) is 0 Å². The first kappa shape index (κ1) is 19.3. The van der Waals surface area contributed by atoms with Gasteiger partial charge in [0.15, 0.2) is 11.5 Å². The van der Waals surface area contributed by atoms with E-state index < -0.39 is 0 Å². The molecule has 2 amide bonds. The molecule has 7 heteroatoms. The number of ether oxygens (including phenoxy) is 2. The van der Waals surface area contributed by atoms with Crippen LogP contribution in [0.1, 0.15) is 28.8 Å². The fourth-order valence-corrected chi connectivity index (χ4v) is 3.40. The number of nitrogens with one attached hydrogen (secondary N) is 2. The van der Waals surface area contributed by atoms with Gasteiger partial charge in [0, 0.05) is 37.0 Å². The zero-order chi connectivity index (χ0) is 20.2. The summed E-state index contributed by atoms with van der Waals surface area (Å²) >= 11 is 0. The summed E-state index contributed by atoms with van der Waals surface area (Å²) in [6.45, 7) is 2.04. The molecule has 0 bridgehead atoms. The molecule has 152 valence electrons. The number of hydrogen-bond acceptors (Lipinski definition) is 5. The van der Waals surface area contributed by atoms with Crippen molar-refractivity contribution in [3.8, 4) is 11.5 Å². The van der Waals surface area contributed by atoms with Crippen LogP contribution in [0.3, 0.4) is 0 Å². The second-order valence-electron chi connectivity index (χ2n) is 7.32. The molecule has 1 saturated carbocycles. The van der Waals surface area contributed by atoms with E-state index >= 15 is 0 Å². The minimum Gasteiger partial charge on any atom is -0.486 e. The lowest BCUT2D eigenvalue weighted by Crippen LogP contribution is -2.34. The second-order valence-corrected chi connectivity index (χ2v) is 7.32. The third kappa shape index (κ3) is 4.86. The van der Waals surface area contributed by atoms with Crippen LogP contribution in [-0.2, 0) is 11.3 Å². The average Bonchev–Trinajstić information content (AvgIpc) is 3.58. The molecule has 0 atom stereocenters. The number of benzene rings is 2. The Morgan fingerprint density at radius 2 is 1.76 bits per heavy atom. The molecular weight excluding hydrogens is 370 g/mol. The standard InChI is InChI=1S/C22H25N3O4/c1-23-22(27)16-4-2-15(3-5-16)13-25(18-7-8-18)14-21(26)24-17-6-9-19-20(12-17)29-11-10-28-19/h2-6,9,12,18H,7-8,10-11,13-14H2,1H3,(H,23,27)(H,24,26).